The molecule has 150 valence electrons. The number of amides is 2. The van der Waals surface area contributed by atoms with Gasteiger partial charge in [-0.2, -0.15) is 0 Å². The number of anilines is 2. The summed E-state index contributed by atoms with van der Waals surface area (Å²) in [5.74, 6) is 0. The Balaban J connectivity index is 2.02. The molecule has 0 spiro atoms. The summed E-state index contributed by atoms with van der Waals surface area (Å²) in [4.78, 5) is 17.3. The maximum atomic E-state index is 13.8. The van der Waals surface area contributed by atoms with Gasteiger partial charge in [-0.15, -0.1) is 0 Å². The largest absolute Gasteiger partial charge is 0.329 e. The molecule has 0 bridgehead atoms. The second-order valence-electron chi connectivity index (χ2n) is 6.79. The van der Waals surface area contributed by atoms with E-state index in [9.17, 15) is 4.79 Å². The van der Waals surface area contributed by atoms with Gasteiger partial charge in [-0.05, 0) is 36.2 Å². The lowest BCUT2D eigenvalue weighted by molar-refractivity contribution is 0.203. The normalized spacial score (nSPS) is 10.6. The molecule has 0 atom stereocenters. The number of nitrogens with zero attached hydrogens (tertiary/aromatic N) is 2. The zero-order chi connectivity index (χ0) is 20.6. The lowest BCUT2D eigenvalue weighted by Crippen LogP contribution is -2.41. The summed E-state index contributed by atoms with van der Waals surface area (Å²) in [6, 6.07) is 24.8. The zero-order valence-corrected chi connectivity index (χ0v) is 17.9. The van der Waals surface area contributed by atoms with Crippen LogP contribution in [0.2, 0.25) is 10.0 Å². The number of unbranched alkanes of at least 4 members (excludes halogenated alkanes) is 1. The van der Waals surface area contributed by atoms with E-state index in [2.05, 4.69) is 6.92 Å². The van der Waals surface area contributed by atoms with Crippen molar-refractivity contribution in [2.24, 2.45) is 0 Å². The van der Waals surface area contributed by atoms with Crippen molar-refractivity contribution in [2.75, 3.05) is 11.4 Å². The van der Waals surface area contributed by atoms with Crippen molar-refractivity contribution in [1.82, 2.24) is 4.90 Å². The summed E-state index contributed by atoms with van der Waals surface area (Å²) in [5, 5.41) is 0.780. The van der Waals surface area contributed by atoms with Gasteiger partial charge in [-0.1, -0.05) is 91.1 Å². The van der Waals surface area contributed by atoms with E-state index in [1.807, 2.05) is 71.6 Å². The molecule has 0 aliphatic heterocycles. The molecular formula is C24H24Cl2N2O. The van der Waals surface area contributed by atoms with Crippen molar-refractivity contribution < 1.29 is 4.79 Å². The third kappa shape index (κ3) is 5.31. The number of carbonyl (C=O) groups excluding carboxylic acids is 1. The van der Waals surface area contributed by atoms with E-state index in [0.717, 1.165) is 24.1 Å². The highest BCUT2D eigenvalue weighted by molar-refractivity contribution is 6.44. The lowest BCUT2D eigenvalue weighted by atomic mass is 10.2. The Kier molecular flexibility index (Phi) is 7.56. The number of hydrogen-bond donors (Lipinski definition) is 0. The van der Waals surface area contributed by atoms with Crippen LogP contribution in [0, 0.1) is 0 Å². The summed E-state index contributed by atoms with van der Waals surface area (Å²) in [6.45, 7) is 3.31. The average Bonchev–Trinajstić information content (AvgIpc) is 2.75. The molecule has 0 radical (unpaired) electrons. The Morgan fingerprint density at radius 3 is 2.17 bits per heavy atom. The fraction of sp³-hybridized carbons (Fsp3) is 0.208. The molecule has 0 unspecified atom stereocenters. The smallest absolute Gasteiger partial charge is 0.320 e. The molecule has 0 aliphatic rings. The lowest BCUT2D eigenvalue weighted by Gasteiger charge is -2.31. The molecule has 0 heterocycles. The van der Waals surface area contributed by atoms with Crippen LogP contribution in [0.4, 0.5) is 16.2 Å². The van der Waals surface area contributed by atoms with Crippen molar-refractivity contribution in [3.63, 3.8) is 0 Å². The van der Waals surface area contributed by atoms with E-state index in [1.54, 1.807) is 17.0 Å². The Morgan fingerprint density at radius 2 is 1.52 bits per heavy atom. The zero-order valence-electron chi connectivity index (χ0n) is 16.4. The van der Waals surface area contributed by atoms with Crippen LogP contribution in [0.1, 0.15) is 25.3 Å². The van der Waals surface area contributed by atoms with Crippen molar-refractivity contribution in [2.45, 2.75) is 26.3 Å². The molecule has 2 amide bonds. The van der Waals surface area contributed by atoms with Crippen LogP contribution in [0.15, 0.2) is 78.9 Å². The SMILES string of the molecule is CCCCN(Cc1ccccc1)C(=O)N(c1ccccc1)c1cccc(Cl)c1Cl. The summed E-state index contributed by atoms with van der Waals surface area (Å²) in [5.41, 5.74) is 2.41. The highest BCUT2D eigenvalue weighted by atomic mass is 35.5. The van der Waals surface area contributed by atoms with Gasteiger partial charge < -0.3 is 4.90 Å². The van der Waals surface area contributed by atoms with E-state index in [1.165, 1.54) is 0 Å². The van der Waals surface area contributed by atoms with Gasteiger partial charge in [0, 0.05) is 13.1 Å². The number of benzene rings is 3. The predicted molar refractivity (Wildman–Crippen MR) is 122 cm³/mol. The summed E-state index contributed by atoms with van der Waals surface area (Å²) >= 11 is 12.8. The van der Waals surface area contributed by atoms with Crippen LogP contribution >= 0.6 is 23.2 Å². The molecule has 0 aromatic heterocycles. The number of urea groups is 1. The highest BCUT2D eigenvalue weighted by Crippen LogP contribution is 2.37. The number of para-hydroxylation sites is 1. The third-order valence-electron chi connectivity index (χ3n) is 4.65. The molecule has 29 heavy (non-hydrogen) atoms. The van der Waals surface area contributed by atoms with Gasteiger partial charge in [0.2, 0.25) is 0 Å². The average molecular weight is 427 g/mol. The molecule has 3 rings (SSSR count). The van der Waals surface area contributed by atoms with E-state index < -0.39 is 0 Å². The number of hydrogen-bond acceptors (Lipinski definition) is 1. The highest BCUT2D eigenvalue weighted by Gasteiger charge is 2.26. The first kappa shape index (κ1) is 21.2. The Bertz CT molecular complexity index is 932. The van der Waals surface area contributed by atoms with Gasteiger partial charge in [0.15, 0.2) is 0 Å². The third-order valence-corrected chi connectivity index (χ3v) is 5.46. The van der Waals surface area contributed by atoms with E-state index in [0.29, 0.717) is 28.8 Å². The Labute approximate surface area is 182 Å². The van der Waals surface area contributed by atoms with Crippen molar-refractivity contribution in [1.29, 1.82) is 0 Å². The Morgan fingerprint density at radius 1 is 0.862 bits per heavy atom. The quantitative estimate of drug-likeness (QED) is 0.382. The van der Waals surface area contributed by atoms with E-state index in [4.69, 9.17) is 23.2 Å². The molecule has 0 saturated heterocycles. The van der Waals surface area contributed by atoms with Crippen LogP contribution in [0.5, 0.6) is 0 Å². The van der Waals surface area contributed by atoms with Crippen molar-refractivity contribution in [3.8, 4) is 0 Å². The van der Waals surface area contributed by atoms with E-state index >= 15 is 0 Å². The first-order chi connectivity index (χ1) is 14.1. The predicted octanol–water partition coefficient (Wildman–Crippen LogP) is 7.55. The molecule has 3 nitrogen and oxygen atoms in total. The molecule has 0 aliphatic carbocycles. The van der Waals surface area contributed by atoms with E-state index in [-0.39, 0.29) is 6.03 Å². The topological polar surface area (TPSA) is 23.6 Å². The van der Waals surface area contributed by atoms with Crippen LogP contribution in [0.25, 0.3) is 0 Å². The summed E-state index contributed by atoms with van der Waals surface area (Å²) in [6.07, 6.45) is 1.92. The molecule has 5 heteroatoms. The minimum atomic E-state index is -0.127. The van der Waals surface area contributed by atoms with Crippen LogP contribution < -0.4 is 4.90 Å². The first-order valence-corrected chi connectivity index (χ1v) is 10.5. The monoisotopic (exact) mass is 426 g/mol. The molecule has 0 fully saturated rings. The summed E-state index contributed by atoms with van der Waals surface area (Å²) < 4.78 is 0. The molecule has 0 N–H and O–H groups in total. The van der Waals surface area contributed by atoms with Crippen LogP contribution in [-0.4, -0.2) is 17.5 Å². The standard InChI is InChI=1S/C24H24Cl2N2O/c1-2-3-17-27(18-19-11-6-4-7-12-19)24(29)28(20-13-8-5-9-14-20)22-16-10-15-21(25)23(22)26/h4-16H,2-3,17-18H2,1H3. The van der Waals surface area contributed by atoms with Crippen LogP contribution in [-0.2, 0) is 6.54 Å². The van der Waals surface area contributed by atoms with Gasteiger partial charge in [0.05, 0.1) is 21.4 Å². The minimum Gasteiger partial charge on any atom is -0.320 e. The molecule has 3 aromatic rings. The van der Waals surface area contributed by atoms with Crippen LogP contribution in [0.3, 0.4) is 0 Å². The van der Waals surface area contributed by atoms with Gasteiger partial charge in [-0.3, -0.25) is 4.90 Å². The fourth-order valence-corrected chi connectivity index (χ4v) is 3.51. The van der Waals surface area contributed by atoms with Gasteiger partial charge in [0.25, 0.3) is 0 Å². The maximum absolute atomic E-state index is 13.8. The number of halogens is 2. The van der Waals surface area contributed by atoms with Crippen molar-refractivity contribution in [3.05, 3.63) is 94.5 Å². The molecular weight excluding hydrogens is 403 g/mol. The second-order valence-corrected chi connectivity index (χ2v) is 7.57. The minimum absolute atomic E-state index is 0.127. The second kappa shape index (κ2) is 10.3. The molecule has 3 aromatic carbocycles. The van der Waals surface area contributed by atoms with Gasteiger partial charge in [-0.25, -0.2) is 4.79 Å². The first-order valence-electron chi connectivity index (χ1n) is 9.74. The fourth-order valence-electron chi connectivity index (χ4n) is 3.13. The molecule has 0 saturated carbocycles. The maximum Gasteiger partial charge on any atom is 0.329 e. The van der Waals surface area contributed by atoms with Gasteiger partial charge in [0.1, 0.15) is 0 Å². The number of carbonyl (C=O) groups is 1. The van der Waals surface area contributed by atoms with Crippen molar-refractivity contribution >= 4 is 40.6 Å². The number of rotatable bonds is 7. The van der Waals surface area contributed by atoms with Gasteiger partial charge >= 0.3 is 6.03 Å². The summed E-state index contributed by atoms with van der Waals surface area (Å²) in [7, 11) is 0. The Hall–Kier alpha value is -2.49.